The molecular formula is C17H22N2O2S. The second kappa shape index (κ2) is 6.40. The van der Waals surface area contributed by atoms with Gasteiger partial charge in [0.2, 0.25) is 0 Å². The van der Waals surface area contributed by atoms with Gasteiger partial charge in [0.25, 0.3) is 10.0 Å². The minimum atomic E-state index is -3.57. The van der Waals surface area contributed by atoms with Crippen LogP contribution in [0.4, 0.5) is 11.4 Å². The maximum absolute atomic E-state index is 12.5. The molecule has 5 heteroatoms. The average molecular weight is 318 g/mol. The number of hydrogen-bond acceptors (Lipinski definition) is 3. The van der Waals surface area contributed by atoms with Gasteiger partial charge < -0.3 is 5.32 Å². The van der Waals surface area contributed by atoms with Gasteiger partial charge in [-0.25, -0.2) is 8.42 Å². The van der Waals surface area contributed by atoms with Gasteiger partial charge in [0, 0.05) is 17.4 Å². The van der Waals surface area contributed by atoms with Gasteiger partial charge in [-0.05, 0) is 69.2 Å². The van der Waals surface area contributed by atoms with E-state index in [1.165, 1.54) is 0 Å². The van der Waals surface area contributed by atoms with Crippen LogP contribution in [0.25, 0.3) is 0 Å². The fourth-order valence-electron chi connectivity index (χ4n) is 2.17. The third kappa shape index (κ3) is 4.01. The largest absolute Gasteiger partial charge is 0.383 e. The standard InChI is InChI=1S/C17H22N2O2S/c1-12(2)18-15-7-9-16(10-8-15)19-22(20,21)17-11-13(3)5-6-14(17)4/h5-12,18-19H,1-4H3. The summed E-state index contributed by atoms with van der Waals surface area (Å²) in [6, 6.07) is 13.0. The monoisotopic (exact) mass is 318 g/mol. The van der Waals surface area contributed by atoms with Crippen molar-refractivity contribution in [1.82, 2.24) is 0 Å². The van der Waals surface area contributed by atoms with Crippen LogP contribution >= 0.6 is 0 Å². The smallest absolute Gasteiger partial charge is 0.262 e. The number of rotatable bonds is 5. The topological polar surface area (TPSA) is 58.2 Å². The van der Waals surface area contributed by atoms with E-state index in [2.05, 4.69) is 23.9 Å². The lowest BCUT2D eigenvalue weighted by Crippen LogP contribution is -2.14. The second-order valence-corrected chi connectivity index (χ2v) is 7.40. The molecule has 0 saturated carbocycles. The number of aryl methyl sites for hydroxylation is 2. The van der Waals surface area contributed by atoms with Crippen molar-refractivity contribution < 1.29 is 8.42 Å². The van der Waals surface area contributed by atoms with Crippen molar-refractivity contribution in [3.05, 3.63) is 53.6 Å². The first-order valence-corrected chi connectivity index (χ1v) is 8.73. The van der Waals surface area contributed by atoms with Crippen molar-refractivity contribution in [3.63, 3.8) is 0 Å². The average Bonchev–Trinajstić information content (AvgIpc) is 2.43. The zero-order valence-electron chi connectivity index (χ0n) is 13.3. The molecule has 0 bridgehead atoms. The Bertz CT molecular complexity index is 751. The lowest BCUT2D eigenvalue weighted by atomic mass is 10.2. The number of hydrogen-bond donors (Lipinski definition) is 2. The van der Waals surface area contributed by atoms with Gasteiger partial charge in [-0.2, -0.15) is 0 Å². The summed E-state index contributed by atoms with van der Waals surface area (Å²) in [4.78, 5) is 0.317. The van der Waals surface area contributed by atoms with Crippen LogP contribution in [0.5, 0.6) is 0 Å². The van der Waals surface area contributed by atoms with Gasteiger partial charge in [-0.15, -0.1) is 0 Å². The third-order valence-corrected chi connectivity index (χ3v) is 4.75. The fraction of sp³-hybridized carbons (Fsp3) is 0.294. The van der Waals surface area contributed by atoms with Crippen LogP contribution in [0.1, 0.15) is 25.0 Å². The molecule has 0 unspecified atom stereocenters. The van der Waals surface area contributed by atoms with Crippen LogP contribution in [-0.2, 0) is 10.0 Å². The summed E-state index contributed by atoms with van der Waals surface area (Å²) in [7, 11) is -3.57. The molecule has 0 fully saturated rings. The molecule has 0 aliphatic heterocycles. The molecule has 22 heavy (non-hydrogen) atoms. The maximum atomic E-state index is 12.5. The number of anilines is 2. The SMILES string of the molecule is Cc1ccc(C)c(S(=O)(=O)Nc2ccc(NC(C)C)cc2)c1. The predicted octanol–water partition coefficient (Wildman–Crippen LogP) is 3.92. The highest BCUT2D eigenvalue weighted by atomic mass is 32.2. The summed E-state index contributed by atoms with van der Waals surface area (Å²) in [6.07, 6.45) is 0. The molecule has 0 aromatic heterocycles. The van der Waals surface area contributed by atoms with Crippen molar-refractivity contribution in [1.29, 1.82) is 0 Å². The van der Waals surface area contributed by atoms with Crippen molar-refractivity contribution in [3.8, 4) is 0 Å². The Morgan fingerprint density at radius 1 is 0.909 bits per heavy atom. The molecule has 2 aromatic carbocycles. The van der Waals surface area contributed by atoms with Gasteiger partial charge in [0.15, 0.2) is 0 Å². The summed E-state index contributed by atoms with van der Waals surface area (Å²) in [6.45, 7) is 7.78. The summed E-state index contributed by atoms with van der Waals surface area (Å²) in [5.41, 5.74) is 3.17. The zero-order valence-corrected chi connectivity index (χ0v) is 14.2. The van der Waals surface area contributed by atoms with E-state index >= 15 is 0 Å². The van der Waals surface area contributed by atoms with E-state index in [0.29, 0.717) is 16.6 Å². The molecule has 2 aromatic rings. The molecule has 0 radical (unpaired) electrons. The predicted molar refractivity (Wildman–Crippen MR) is 91.9 cm³/mol. The maximum Gasteiger partial charge on any atom is 0.262 e. The first-order chi connectivity index (χ1) is 10.3. The Kier molecular flexibility index (Phi) is 4.76. The molecule has 0 saturated heterocycles. The normalized spacial score (nSPS) is 11.5. The third-order valence-electron chi connectivity index (χ3n) is 3.23. The molecule has 0 aliphatic rings. The van der Waals surface area contributed by atoms with E-state index in [-0.39, 0.29) is 0 Å². The van der Waals surface area contributed by atoms with E-state index in [1.54, 1.807) is 25.1 Å². The first-order valence-electron chi connectivity index (χ1n) is 7.24. The van der Waals surface area contributed by atoms with Crippen molar-refractivity contribution in [2.24, 2.45) is 0 Å². The Morgan fingerprint density at radius 3 is 2.09 bits per heavy atom. The molecule has 0 amide bonds. The Labute approximate surface area is 132 Å². The molecule has 118 valence electrons. The van der Waals surface area contributed by atoms with Crippen LogP contribution in [0.2, 0.25) is 0 Å². The molecule has 4 nitrogen and oxygen atoms in total. The van der Waals surface area contributed by atoms with Gasteiger partial charge in [0.05, 0.1) is 4.90 Å². The zero-order chi connectivity index (χ0) is 16.3. The van der Waals surface area contributed by atoms with E-state index in [4.69, 9.17) is 0 Å². The van der Waals surface area contributed by atoms with Gasteiger partial charge in [-0.3, -0.25) is 4.72 Å². The summed E-state index contributed by atoms with van der Waals surface area (Å²) in [5.74, 6) is 0. The van der Waals surface area contributed by atoms with Crippen molar-refractivity contribution in [2.75, 3.05) is 10.0 Å². The minimum Gasteiger partial charge on any atom is -0.383 e. The fourth-order valence-corrected chi connectivity index (χ4v) is 3.56. The van der Waals surface area contributed by atoms with Gasteiger partial charge in [-0.1, -0.05) is 12.1 Å². The van der Waals surface area contributed by atoms with E-state index in [0.717, 1.165) is 16.8 Å². The quantitative estimate of drug-likeness (QED) is 0.878. The number of nitrogens with one attached hydrogen (secondary N) is 2. The Morgan fingerprint density at radius 2 is 1.50 bits per heavy atom. The molecule has 0 spiro atoms. The first kappa shape index (κ1) is 16.4. The van der Waals surface area contributed by atoms with Gasteiger partial charge in [0.1, 0.15) is 0 Å². The molecule has 0 aliphatic carbocycles. The van der Waals surface area contributed by atoms with E-state index in [1.807, 2.05) is 31.2 Å². The lowest BCUT2D eigenvalue weighted by molar-refractivity contribution is 0.600. The van der Waals surface area contributed by atoms with Gasteiger partial charge >= 0.3 is 0 Å². The Hall–Kier alpha value is -2.01. The van der Waals surface area contributed by atoms with E-state index in [9.17, 15) is 8.42 Å². The molecule has 0 heterocycles. The minimum absolute atomic E-state index is 0.317. The molecule has 2 N–H and O–H groups in total. The van der Waals surface area contributed by atoms with Crippen molar-refractivity contribution in [2.45, 2.75) is 38.6 Å². The van der Waals surface area contributed by atoms with Crippen LogP contribution in [0, 0.1) is 13.8 Å². The van der Waals surface area contributed by atoms with Crippen LogP contribution < -0.4 is 10.0 Å². The van der Waals surface area contributed by atoms with Crippen LogP contribution in [0.3, 0.4) is 0 Å². The summed E-state index contributed by atoms with van der Waals surface area (Å²) >= 11 is 0. The van der Waals surface area contributed by atoms with Crippen LogP contribution in [0.15, 0.2) is 47.4 Å². The van der Waals surface area contributed by atoms with Crippen LogP contribution in [-0.4, -0.2) is 14.5 Å². The lowest BCUT2D eigenvalue weighted by Gasteiger charge is -2.13. The summed E-state index contributed by atoms with van der Waals surface area (Å²) < 4.78 is 27.6. The highest BCUT2D eigenvalue weighted by molar-refractivity contribution is 7.92. The highest BCUT2D eigenvalue weighted by Gasteiger charge is 2.17. The molecule has 0 atom stereocenters. The summed E-state index contributed by atoms with van der Waals surface area (Å²) in [5, 5.41) is 3.27. The highest BCUT2D eigenvalue weighted by Crippen LogP contribution is 2.22. The number of sulfonamides is 1. The Balaban J connectivity index is 2.23. The molecule has 2 rings (SSSR count). The second-order valence-electron chi connectivity index (χ2n) is 5.75. The van der Waals surface area contributed by atoms with E-state index < -0.39 is 10.0 Å². The number of benzene rings is 2. The van der Waals surface area contributed by atoms with Crippen molar-refractivity contribution >= 4 is 21.4 Å². The molecular weight excluding hydrogens is 296 g/mol.